The molecule has 1 N–H and O–H groups in total. The molecule has 0 radical (unpaired) electrons. The summed E-state index contributed by atoms with van der Waals surface area (Å²) in [6.45, 7) is 1.69. The molecular formula is C17H23NO4. The SMILES string of the molecule is COC(CN(Cc1ccccc1)C[C@H](O)c1ccco1)OC. The van der Waals surface area contributed by atoms with Crippen molar-refractivity contribution >= 4 is 0 Å². The van der Waals surface area contributed by atoms with E-state index < -0.39 is 6.10 Å². The lowest BCUT2D eigenvalue weighted by Crippen LogP contribution is -2.36. The van der Waals surface area contributed by atoms with E-state index in [1.807, 2.05) is 18.2 Å². The third-order valence-corrected chi connectivity index (χ3v) is 3.48. The highest BCUT2D eigenvalue weighted by molar-refractivity contribution is 5.14. The standard InChI is InChI=1S/C17H23NO4/c1-20-17(21-2)13-18(11-14-7-4-3-5-8-14)12-15(19)16-9-6-10-22-16/h3-10,15,17,19H,11-13H2,1-2H3/t15-/m0/s1. The fraction of sp³-hybridized carbons (Fsp3) is 0.412. The first kappa shape index (κ1) is 16.7. The normalized spacial score (nSPS) is 13.0. The molecule has 1 aromatic carbocycles. The average molecular weight is 305 g/mol. The summed E-state index contributed by atoms with van der Waals surface area (Å²) in [5.74, 6) is 0.560. The van der Waals surface area contributed by atoms with Gasteiger partial charge in [0.1, 0.15) is 11.9 Å². The van der Waals surface area contributed by atoms with Gasteiger partial charge in [0, 0.05) is 33.9 Å². The molecule has 5 heteroatoms. The van der Waals surface area contributed by atoms with E-state index >= 15 is 0 Å². The number of ether oxygens (including phenoxy) is 2. The van der Waals surface area contributed by atoms with Gasteiger partial charge in [0.15, 0.2) is 6.29 Å². The molecule has 5 nitrogen and oxygen atoms in total. The third kappa shape index (κ3) is 4.96. The molecule has 120 valence electrons. The molecule has 2 rings (SSSR count). The number of hydrogen-bond donors (Lipinski definition) is 1. The number of aliphatic hydroxyl groups excluding tert-OH is 1. The van der Waals surface area contributed by atoms with E-state index in [2.05, 4.69) is 17.0 Å². The monoisotopic (exact) mass is 305 g/mol. The van der Waals surface area contributed by atoms with Gasteiger partial charge < -0.3 is 19.0 Å². The molecular weight excluding hydrogens is 282 g/mol. The van der Waals surface area contributed by atoms with E-state index in [0.29, 0.717) is 25.4 Å². The summed E-state index contributed by atoms with van der Waals surface area (Å²) < 4.78 is 15.8. The van der Waals surface area contributed by atoms with E-state index in [-0.39, 0.29) is 6.29 Å². The lowest BCUT2D eigenvalue weighted by molar-refractivity contribution is -0.120. The molecule has 1 heterocycles. The molecule has 0 aliphatic heterocycles. The molecule has 1 atom stereocenters. The van der Waals surface area contributed by atoms with Crippen molar-refractivity contribution in [3.63, 3.8) is 0 Å². The van der Waals surface area contributed by atoms with E-state index in [1.165, 1.54) is 5.56 Å². The highest BCUT2D eigenvalue weighted by atomic mass is 16.7. The molecule has 0 spiro atoms. The van der Waals surface area contributed by atoms with Crippen molar-refractivity contribution in [3.8, 4) is 0 Å². The van der Waals surface area contributed by atoms with E-state index in [1.54, 1.807) is 32.6 Å². The van der Waals surface area contributed by atoms with Crippen LogP contribution in [0, 0.1) is 0 Å². The van der Waals surface area contributed by atoms with Crippen LogP contribution in [0.4, 0.5) is 0 Å². The number of benzene rings is 1. The second-order valence-corrected chi connectivity index (χ2v) is 5.11. The van der Waals surface area contributed by atoms with Crippen LogP contribution in [0.25, 0.3) is 0 Å². The first-order valence-electron chi connectivity index (χ1n) is 7.26. The summed E-state index contributed by atoms with van der Waals surface area (Å²) in [6.07, 6.45) is 0.535. The lowest BCUT2D eigenvalue weighted by atomic mass is 10.2. The van der Waals surface area contributed by atoms with Gasteiger partial charge in [-0.2, -0.15) is 0 Å². The minimum atomic E-state index is -0.687. The van der Waals surface area contributed by atoms with Crippen molar-refractivity contribution in [2.45, 2.75) is 18.9 Å². The molecule has 1 aromatic heterocycles. The summed E-state index contributed by atoms with van der Waals surface area (Å²) >= 11 is 0. The molecule has 0 aliphatic rings. The average Bonchev–Trinajstić information content (AvgIpc) is 3.08. The Labute approximate surface area is 131 Å². The van der Waals surface area contributed by atoms with Crippen LogP contribution in [-0.4, -0.2) is 43.6 Å². The maximum absolute atomic E-state index is 10.3. The second-order valence-electron chi connectivity index (χ2n) is 5.11. The van der Waals surface area contributed by atoms with Gasteiger partial charge in [0.2, 0.25) is 0 Å². The molecule has 0 saturated carbocycles. The van der Waals surface area contributed by atoms with Crippen LogP contribution in [0.3, 0.4) is 0 Å². The van der Waals surface area contributed by atoms with E-state index in [9.17, 15) is 5.11 Å². The van der Waals surface area contributed by atoms with Crippen LogP contribution >= 0.6 is 0 Å². The van der Waals surface area contributed by atoms with Gasteiger partial charge in [-0.3, -0.25) is 4.90 Å². The maximum Gasteiger partial charge on any atom is 0.169 e. The predicted octanol–water partition coefficient (Wildman–Crippen LogP) is 2.43. The topological polar surface area (TPSA) is 55.1 Å². The van der Waals surface area contributed by atoms with Crippen LogP contribution in [0.15, 0.2) is 53.1 Å². The fourth-order valence-corrected chi connectivity index (χ4v) is 2.32. The number of nitrogens with zero attached hydrogens (tertiary/aromatic N) is 1. The summed E-state index contributed by atoms with van der Waals surface area (Å²) in [7, 11) is 3.22. The van der Waals surface area contributed by atoms with E-state index in [0.717, 1.165) is 0 Å². The van der Waals surface area contributed by atoms with Crippen LogP contribution in [0.2, 0.25) is 0 Å². The Balaban J connectivity index is 2.03. The van der Waals surface area contributed by atoms with Crippen molar-refractivity contribution in [1.82, 2.24) is 4.90 Å². The Kier molecular flexibility index (Phi) is 6.61. The number of hydrogen-bond acceptors (Lipinski definition) is 5. The summed E-state index contributed by atoms with van der Waals surface area (Å²) in [4.78, 5) is 2.08. The molecule has 22 heavy (non-hydrogen) atoms. The Hall–Kier alpha value is -1.66. The van der Waals surface area contributed by atoms with Gasteiger partial charge in [0.05, 0.1) is 6.26 Å². The van der Waals surface area contributed by atoms with Crippen LogP contribution in [-0.2, 0) is 16.0 Å². The zero-order valence-corrected chi connectivity index (χ0v) is 13.0. The van der Waals surface area contributed by atoms with Gasteiger partial charge in [-0.1, -0.05) is 30.3 Å². The summed E-state index contributed by atoms with van der Waals surface area (Å²) in [5, 5.41) is 10.3. The highest BCUT2D eigenvalue weighted by Gasteiger charge is 2.19. The van der Waals surface area contributed by atoms with Crippen molar-refractivity contribution < 1.29 is 19.0 Å². The molecule has 0 fully saturated rings. The molecule has 0 saturated heterocycles. The Morgan fingerprint density at radius 2 is 1.77 bits per heavy atom. The van der Waals surface area contributed by atoms with E-state index in [4.69, 9.17) is 13.9 Å². The summed E-state index contributed by atoms with van der Waals surface area (Å²) in [5.41, 5.74) is 1.17. The number of rotatable bonds is 9. The first-order valence-corrected chi connectivity index (χ1v) is 7.26. The minimum Gasteiger partial charge on any atom is -0.467 e. The quantitative estimate of drug-likeness (QED) is 0.721. The smallest absolute Gasteiger partial charge is 0.169 e. The predicted molar refractivity (Wildman–Crippen MR) is 83.2 cm³/mol. The van der Waals surface area contributed by atoms with Gasteiger partial charge >= 0.3 is 0 Å². The van der Waals surface area contributed by atoms with Crippen molar-refractivity contribution in [2.75, 3.05) is 27.3 Å². The zero-order valence-electron chi connectivity index (χ0n) is 13.0. The maximum atomic E-state index is 10.3. The second kappa shape index (κ2) is 8.70. The Morgan fingerprint density at radius 1 is 1.05 bits per heavy atom. The van der Waals surface area contributed by atoms with Gasteiger partial charge in [-0.15, -0.1) is 0 Å². The zero-order chi connectivity index (χ0) is 15.8. The van der Waals surface area contributed by atoms with Crippen LogP contribution in [0.5, 0.6) is 0 Å². The van der Waals surface area contributed by atoms with Crippen molar-refractivity contribution in [2.24, 2.45) is 0 Å². The van der Waals surface area contributed by atoms with Gasteiger partial charge in [-0.05, 0) is 17.7 Å². The van der Waals surface area contributed by atoms with Crippen molar-refractivity contribution in [1.29, 1.82) is 0 Å². The largest absolute Gasteiger partial charge is 0.467 e. The Bertz CT molecular complexity index is 511. The van der Waals surface area contributed by atoms with Gasteiger partial charge in [-0.25, -0.2) is 0 Å². The Morgan fingerprint density at radius 3 is 2.36 bits per heavy atom. The summed E-state index contributed by atoms with van der Waals surface area (Å²) in [6, 6.07) is 13.6. The van der Waals surface area contributed by atoms with Crippen LogP contribution in [0.1, 0.15) is 17.4 Å². The third-order valence-electron chi connectivity index (χ3n) is 3.48. The number of aliphatic hydroxyl groups is 1. The minimum absolute atomic E-state index is 0.340. The van der Waals surface area contributed by atoms with Crippen LogP contribution < -0.4 is 0 Å². The molecule has 0 unspecified atom stereocenters. The molecule has 0 bridgehead atoms. The van der Waals surface area contributed by atoms with Gasteiger partial charge in [0.25, 0.3) is 0 Å². The van der Waals surface area contributed by atoms with Crippen molar-refractivity contribution in [3.05, 3.63) is 60.1 Å². The highest BCUT2D eigenvalue weighted by Crippen LogP contribution is 2.17. The fourth-order valence-electron chi connectivity index (χ4n) is 2.32. The number of furan rings is 1. The molecule has 2 aromatic rings. The first-order chi connectivity index (χ1) is 10.7. The molecule has 0 amide bonds. The number of methoxy groups -OCH3 is 2. The molecule has 0 aliphatic carbocycles. The lowest BCUT2D eigenvalue weighted by Gasteiger charge is -2.27.